The van der Waals surface area contributed by atoms with Gasteiger partial charge in [0.25, 0.3) is 0 Å². The minimum atomic E-state index is -1.09. The number of amides is 2. The maximum Gasteiger partial charge on any atom is 0.428 e. The predicted octanol–water partition coefficient (Wildman–Crippen LogP) is 2.11. The fourth-order valence-corrected chi connectivity index (χ4v) is 2.83. The Morgan fingerprint density at radius 1 is 1.32 bits per heavy atom. The molecule has 1 aromatic rings. The van der Waals surface area contributed by atoms with Gasteiger partial charge in [0.05, 0.1) is 18.3 Å². The zero-order valence-corrected chi connectivity index (χ0v) is 13.0. The third-order valence-corrected chi connectivity index (χ3v) is 3.94. The molecule has 0 spiro atoms. The monoisotopic (exact) mass is 323 g/mol. The fraction of sp³-hybridized carbons (Fsp3) is 0.400. The van der Waals surface area contributed by atoms with Crippen LogP contribution in [-0.4, -0.2) is 51.9 Å². The third-order valence-electron chi connectivity index (χ3n) is 3.94. The summed E-state index contributed by atoms with van der Waals surface area (Å²) in [6.07, 6.45) is 0.266. The number of carboxylic acid groups (broad SMARTS) is 1. The second kappa shape index (κ2) is 6.36. The molecule has 2 heterocycles. The standard InChI is InChI=1S/C15H17N3O3.ClH/c1-10-4-6-11(7-5-10)14-12(9-18(16-14)15(20)21)17-8-2-3-13(17)19;/h4-7,12H,2-3,8-9H2,1H3,(H,20,21);1H. The number of nitrogens with zero attached hydrogens (tertiary/aromatic N) is 3. The molecule has 2 aliphatic rings. The molecule has 1 aromatic carbocycles. The van der Waals surface area contributed by atoms with E-state index in [1.54, 1.807) is 4.90 Å². The minimum Gasteiger partial charge on any atom is -0.464 e. The van der Waals surface area contributed by atoms with E-state index in [4.69, 9.17) is 5.11 Å². The lowest BCUT2D eigenvalue weighted by molar-refractivity contribution is -0.128. The summed E-state index contributed by atoms with van der Waals surface area (Å²) in [4.78, 5) is 24.9. The van der Waals surface area contributed by atoms with E-state index in [0.717, 1.165) is 22.6 Å². The molecule has 0 radical (unpaired) electrons. The van der Waals surface area contributed by atoms with Crippen molar-refractivity contribution in [3.05, 3.63) is 35.4 Å². The van der Waals surface area contributed by atoms with E-state index in [2.05, 4.69) is 5.10 Å². The van der Waals surface area contributed by atoms with Gasteiger partial charge in [-0.1, -0.05) is 29.8 Å². The smallest absolute Gasteiger partial charge is 0.428 e. The number of benzene rings is 1. The van der Waals surface area contributed by atoms with Crippen LogP contribution in [0.15, 0.2) is 29.4 Å². The highest BCUT2D eigenvalue weighted by molar-refractivity contribution is 6.07. The number of aryl methyl sites for hydroxylation is 1. The maximum atomic E-state index is 12.0. The normalized spacial score (nSPS) is 20.9. The Labute approximate surface area is 134 Å². The Morgan fingerprint density at radius 2 is 2.00 bits per heavy atom. The topological polar surface area (TPSA) is 73.2 Å². The molecule has 6 nitrogen and oxygen atoms in total. The SMILES string of the molecule is Cc1ccc(C2=NN(C(=O)O)CC2N2CCCC2=O)cc1.Cl. The van der Waals surface area contributed by atoms with E-state index in [-0.39, 0.29) is 30.9 Å². The Hall–Kier alpha value is -2.08. The lowest BCUT2D eigenvalue weighted by atomic mass is 10.0. The Kier molecular flexibility index (Phi) is 4.71. The van der Waals surface area contributed by atoms with E-state index in [1.165, 1.54) is 0 Å². The molecular formula is C15H18ClN3O3. The van der Waals surface area contributed by atoms with E-state index < -0.39 is 6.09 Å². The fourth-order valence-electron chi connectivity index (χ4n) is 2.83. The van der Waals surface area contributed by atoms with Crippen molar-refractivity contribution in [2.45, 2.75) is 25.8 Å². The average molecular weight is 324 g/mol. The molecule has 0 saturated carbocycles. The van der Waals surface area contributed by atoms with Gasteiger partial charge in [-0.25, -0.2) is 4.79 Å². The molecule has 118 valence electrons. The zero-order chi connectivity index (χ0) is 15.0. The van der Waals surface area contributed by atoms with Gasteiger partial charge in [0.1, 0.15) is 0 Å². The quantitative estimate of drug-likeness (QED) is 0.906. The van der Waals surface area contributed by atoms with E-state index in [1.807, 2.05) is 31.2 Å². The highest BCUT2D eigenvalue weighted by Crippen LogP contribution is 2.23. The molecule has 0 aromatic heterocycles. The number of likely N-dealkylation sites (tertiary alicyclic amines) is 1. The van der Waals surface area contributed by atoms with Crippen LogP contribution < -0.4 is 0 Å². The summed E-state index contributed by atoms with van der Waals surface area (Å²) in [5.74, 6) is 0.0760. The molecule has 2 aliphatic heterocycles. The number of rotatable bonds is 2. The van der Waals surface area contributed by atoms with Gasteiger partial charge in [-0.3, -0.25) is 4.79 Å². The predicted molar refractivity (Wildman–Crippen MR) is 84.4 cm³/mol. The molecule has 1 saturated heterocycles. The van der Waals surface area contributed by atoms with Crippen molar-refractivity contribution in [3.8, 4) is 0 Å². The van der Waals surface area contributed by atoms with Crippen molar-refractivity contribution in [1.82, 2.24) is 9.91 Å². The number of halogens is 1. The van der Waals surface area contributed by atoms with Crippen LogP contribution in [0.3, 0.4) is 0 Å². The molecule has 22 heavy (non-hydrogen) atoms. The van der Waals surface area contributed by atoms with Gasteiger partial charge >= 0.3 is 6.09 Å². The minimum absolute atomic E-state index is 0. The van der Waals surface area contributed by atoms with Crippen LogP contribution in [0.5, 0.6) is 0 Å². The molecule has 1 unspecified atom stereocenters. The summed E-state index contributed by atoms with van der Waals surface area (Å²) < 4.78 is 0. The van der Waals surface area contributed by atoms with Gasteiger partial charge in [-0.2, -0.15) is 10.1 Å². The molecule has 0 aliphatic carbocycles. The van der Waals surface area contributed by atoms with Gasteiger partial charge in [-0.15, -0.1) is 12.4 Å². The highest BCUT2D eigenvalue weighted by Gasteiger charge is 2.38. The molecule has 1 atom stereocenters. The van der Waals surface area contributed by atoms with Crippen molar-refractivity contribution in [2.24, 2.45) is 5.10 Å². The first-order chi connectivity index (χ1) is 10.1. The molecule has 0 bridgehead atoms. The Morgan fingerprint density at radius 3 is 2.55 bits per heavy atom. The number of carbonyl (C=O) groups is 2. The molecule has 7 heteroatoms. The van der Waals surface area contributed by atoms with Gasteiger partial charge in [0.2, 0.25) is 5.91 Å². The summed E-state index contributed by atoms with van der Waals surface area (Å²) in [5, 5.41) is 14.4. The van der Waals surface area contributed by atoms with Crippen LogP contribution in [0.25, 0.3) is 0 Å². The van der Waals surface area contributed by atoms with Crippen molar-refractivity contribution >= 4 is 30.1 Å². The average Bonchev–Trinajstić information content (AvgIpc) is 3.05. The van der Waals surface area contributed by atoms with Gasteiger partial charge in [0.15, 0.2) is 0 Å². The third kappa shape index (κ3) is 2.92. The van der Waals surface area contributed by atoms with E-state index >= 15 is 0 Å². The van der Waals surface area contributed by atoms with Crippen LogP contribution >= 0.6 is 12.4 Å². The molecule has 2 amide bonds. The Bertz CT molecular complexity index is 615. The lowest BCUT2D eigenvalue weighted by Crippen LogP contribution is -2.44. The van der Waals surface area contributed by atoms with Crippen LogP contribution in [-0.2, 0) is 4.79 Å². The second-order valence-electron chi connectivity index (χ2n) is 5.42. The van der Waals surface area contributed by atoms with Gasteiger partial charge in [-0.05, 0) is 18.9 Å². The first-order valence-corrected chi connectivity index (χ1v) is 7.02. The lowest BCUT2D eigenvalue weighted by Gasteiger charge is -2.24. The number of carbonyl (C=O) groups excluding carboxylic acids is 1. The van der Waals surface area contributed by atoms with Crippen LogP contribution in [0, 0.1) is 6.92 Å². The molecule has 3 rings (SSSR count). The maximum absolute atomic E-state index is 12.0. The molecular weight excluding hydrogens is 306 g/mol. The second-order valence-corrected chi connectivity index (χ2v) is 5.42. The first kappa shape index (κ1) is 16.3. The summed E-state index contributed by atoms with van der Waals surface area (Å²) in [6.45, 7) is 2.87. The van der Waals surface area contributed by atoms with Crippen LogP contribution in [0.1, 0.15) is 24.0 Å². The number of hydrogen-bond acceptors (Lipinski definition) is 3. The van der Waals surface area contributed by atoms with Crippen molar-refractivity contribution in [3.63, 3.8) is 0 Å². The van der Waals surface area contributed by atoms with Crippen LogP contribution in [0.2, 0.25) is 0 Å². The van der Waals surface area contributed by atoms with Gasteiger partial charge < -0.3 is 10.0 Å². The van der Waals surface area contributed by atoms with Crippen molar-refractivity contribution in [1.29, 1.82) is 0 Å². The zero-order valence-electron chi connectivity index (χ0n) is 12.2. The van der Waals surface area contributed by atoms with E-state index in [0.29, 0.717) is 18.7 Å². The molecule has 1 fully saturated rings. The Balaban J connectivity index is 0.00000176. The summed E-state index contributed by atoms with van der Waals surface area (Å²) in [7, 11) is 0. The highest BCUT2D eigenvalue weighted by atomic mass is 35.5. The largest absolute Gasteiger partial charge is 0.464 e. The van der Waals surface area contributed by atoms with Crippen molar-refractivity contribution < 1.29 is 14.7 Å². The molecule has 1 N–H and O–H groups in total. The van der Waals surface area contributed by atoms with Crippen molar-refractivity contribution in [2.75, 3.05) is 13.1 Å². The van der Waals surface area contributed by atoms with Gasteiger partial charge in [0, 0.05) is 13.0 Å². The summed E-state index contributed by atoms with van der Waals surface area (Å²) in [5.41, 5.74) is 2.66. The summed E-state index contributed by atoms with van der Waals surface area (Å²) in [6, 6.07) is 7.49. The first-order valence-electron chi connectivity index (χ1n) is 7.02. The van der Waals surface area contributed by atoms with E-state index in [9.17, 15) is 9.59 Å². The summed E-state index contributed by atoms with van der Waals surface area (Å²) >= 11 is 0. The number of hydrazone groups is 1. The van der Waals surface area contributed by atoms with Crippen LogP contribution in [0.4, 0.5) is 4.79 Å². The number of hydrogen-bond donors (Lipinski definition) is 1.